The van der Waals surface area contributed by atoms with Crippen LogP contribution in [0.3, 0.4) is 0 Å². The molecular weight excluding hydrogens is 368 g/mol. The molecule has 2 saturated heterocycles. The Balaban J connectivity index is 1.42. The molecule has 8 heteroatoms. The molecule has 1 amide bonds. The summed E-state index contributed by atoms with van der Waals surface area (Å²) in [7, 11) is 0. The van der Waals surface area contributed by atoms with Crippen molar-refractivity contribution in [1.82, 2.24) is 14.9 Å². The maximum atomic E-state index is 13.2. The van der Waals surface area contributed by atoms with Crippen molar-refractivity contribution < 1.29 is 9.53 Å². The molecule has 5 rings (SSSR count). The van der Waals surface area contributed by atoms with Crippen LogP contribution in [0.15, 0.2) is 24.5 Å². The van der Waals surface area contributed by atoms with E-state index in [4.69, 9.17) is 10.5 Å². The molecule has 0 bridgehead atoms. The van der Waals surface area contributed by atoms with Gasteiger partial charge in [-0.2, -0.15) is 5.26 Å². The molecule has 1 aromatic heterocycles. The minimum atomic E-state index is -0.540. The number of nitrogens with zero attached hydrogens (tertiary/aromatic N) is 5. The molecule has 1 saturated carbocycles. The van der Waals surface area contributed by atoms with E-state index in [1.807, 2.05) is 17.9 Å². The van der Waals surface area contributed by atoms with Gasteiger partial charge in [-0.1, -0.05) is 0 Å². The largest absolute Gasteiger partial charge is 0.364 e. The molecule has 1 aliphatic carbocycles. The van der Waals surface area contributed by atoms with Crippen LogP contribution in [0.4, 0.5) is 5.69 Å². The van der Waals surface area contributed by atoms with Crippen molar-refractivity contribution in [1.29, 1.82) is 5.26 Å². The van der Waals surface area contributed by atoms with Crippen LogP contribution in [0.1, 0.15) is 25.3 Å². The average molecular weight is 392 g/mol. The second-order valence-corrected chi connectivity index (χ2v) is 8.53. The predicted octanol–water partition coefficient (Wildman–Crippen LogP) is 1.04. The fraction of sp³-hybridized carbons (Fsp3) is 0.524. The van der Waals surface area contributed by atoms with Crippen LogP contribution in [0, 0.1) is 16.7 Å². The number of aromatic nitrogens is 2. The lowest BCUT2D eigenvalue weighted by atomic mass is 10.0. The number of hydrogen-bond acceptors (Lipinski definition) is 7. The summed E-state index contributed by atoms with van der Waals surface area (Å²) in [6, 6.07) is 5.90. The number of hydrogen-bond donors (Lipinski definition) is 1. The zero-order valence-corrected chi connectivity index (χ0v) is 16.4. The third-order valence-electron chi connectivity index (χ3n) is 6.51. The molecule has 3 aliphatic rings. The number of ether oxygens (including phenoxy) is 1. The molecule has 29 heavy (non-hydrogen) atoms. The summed E-state index contributed by atoms with van der Waals surface area (Å²) >= 11 is 0. The number of likely N-dealkylation sites (tertiary alicyclic amines) is 1. The highest BCUT2D eigenvalue weighted by atomic mass is 16.5. The van der Waals surface area contributed by atoms with Crippen LogP contribution in [-0.2, 0) is 9.53 Å². The van der Waals surface area contributed by atoms with Crippen LogP contribution in [0.25, 0.3) is 11.0 Å². The number of carbonyl (C=O) groups excluding carboxylic acids is 1. The highest BCUT2D eigenvalue weighted by Crippen LogP contribution is 2.52. The summed E-state index contributed by atoms with van der Waals surface area (Å²) in [5, 5.41) is 9.37. The highest BCUT2D eigenvalue weighted by Gasteiger charge is 2.55. The number of fused-ring (bicyclic) bond motifs is 1. The molecular formula is C21H24N6O2. The van der Waals surface area contributed by atoms with E-state index in [9.17, 15) is 10.1 Å². The van der Waals surface area contributed by atoms with Crippen molar-refractivity contribution in [2.75, 3.05) is 31.1 Å². The summed E-state index contributed by atoms with van der Waals surface area (Å²) in [5.41, 5.74) is 9.05. The van der Waals surface area contributed by atoms with Crippen LogP contribution in [0.2, 0.25) is 0 Å². The monoisotopic (exact) mass is 392 g/mol. The Hall–Kier alpha value is -2.76. The summed E-state index contributed by atoms with van der Waals surface area (Å²) in [4.78, 5) is 26.0. The normalized spacial score (nSPS) is 28.0. The lowest BCUT2D eigenvalue weighted by Gasteiger charge is -2.39. The maximum absolute atomic E-state index is 13.2. The van der Waals surface area contributed by atoms with E-state index in [-0.39, 0.29) is 23.5 Å². The van der Waals surface area contributed by atoms with Gasteiger partial charge in [-0.3, -0.25) is 14.8 Å². The maximum Gasteiger partial charge on any atom is 0.253 e. The van der Waals surface area contributed by atoms with Gasteiger partial charge in [0.15, 0.2) is 6.10 Å². The van der Waals surface area contributed by atoms with Gasteiger partial charge in [0.05, 0.1) is 23.9 Å². The van der Waals surface area contributed by atoms with Gasteiger partial charge in [-0.15, -0.1) is 0 Å². The minimum absolute atomic E-state index is 0.0183. The van der Waals surface area contributed by atoms with Gasteiger partial charge in [-0.05, 0) is 31.9 Å². The predicted molar refractivity (Wildman–Crippen MR) is 107 cm³/mol. The minimum Gasteiger partial charge on any atom is -0.364 e. The molecule has 2 aromatic rings. The number of nitriles is 1. The zero-order valence-electron chi connectivity index (χ0n) is 16.4. The van der Waals surface area contributed by atoms with Gasteiger partial charge in [0.25, 0.3) is 5.91 Å². The first-order chi connectivity index (χ1) is 14.0. The van der Waals surface area contributed by atoms with Gasteiger partial charge < -0.3 is 20.3 Å². The van der Waals surface area contributed by atoms with E-state index in [0.29, 0.717) is 36.2 Å². The first-order valence-corrected chi connectivity index (χ1v) is 10.1. The van der Waals surface area contributed by atoms with Crippen molar-refractivity contribution in [2.24, 2.45) is 11.1 Å². The van der Waals surface area contributed by atoms with Gasteiger partial charge in [0, 0.05) is 43.5 Å². The number of carbonyl (C=O) groups is 1. The Labute approximate surface area is 169 Å². The number of amides is 1. The second kappa shape index (κ2) is 6.65. The van der Waals surface area contributed by atoms with Crippen LogP contribution in [-0.4, -0.2) is 65.2 Å². The first-order valence-electron chi connectivity index (χ1n) is 10.1. The standard InChI is InChI=1S/C21H24N6O2/c1-13-9-26(15-3-2-14(8-22)18-19(15)25-7-6-24-18)10-16(29-13)20(28)27-11-17(23)21(12-27)4-5-21/h2-3,6-7,13,16-17H,4-5,9-12,23H2,1H3/t13-,16-,17?/m1/s1. The average Bonchev–Trinajstić information content (AvgIpc) is 3.44. The van der Waals surface area contributed by atoms with Crippen molar-refractivity contribution in [3.63, 3.8) is 0 Å². The summed E-state index contributed by atoms with van der Waals surface area (Å²) in [6.07, 6.45) is 4.80. The van der Waals surface area contributed by atoms with Crippen molar-refractivity contribution in [2.45, 2.75) is 38.0 Å². The van der Waals surface area contributed by atoms with E-state index in [1.54, 1.807) is 18.5 Å². The van der Waals surface area contributed by atoms with E-state index in [2.05, 4.69) is 20.9 Å². The van der Waals surface area contributed by atoms with Crippen LogP contribution < -0.4 is 10.6 Å². The Bertz CT molecular complexity index is 1010. The van der Waals surface area contributed by atoms with Crippen LogP contribution in [0.5, 0.6) is 0 Å². The van der Waals surface area contributed by atoms with Gasteiger partial charge in [0.2, 0.25) is 0 Å². The Morgan fingerprint density at radius 2 is 2.00 bits per heavy atom. The molecule has 3 fully saturated rings. The third-order valence-corrected chi connectivity index (χ3v) is 6.51. The molecule has 150 valence electrons. The molecule has 2 N–H and O–H groups in total. The molecule has 3 atom stereocenters. The lowest BCUT2D eigenvalue weighted by molar-refractivity contribution is -0.147. The molecule has 2 aliphatic heterocycles. The number of rotatable bonds is 2. The van der Waals surface area contributed by atoms with Crippen molar-refractivity contribution in [3.05, 3.63) is 30.1 Å². The fourth-order valence-electron chi connectivity index (χ4n) is 4.73. The topological polar surface area (TPSA) is 108 Å². The van der Waals surface area contributed by atoms with E-state index in [0.717, 1.165) is 25.1 Å². The fourth-order valence-corrected chi connectivity index (χ4v) is 4.73. The van der Waals surface area contributed by atoms with Crippen LogP contribution >= 0.6 is 0 Å². The molecule has 3 heterocycles. The number of morpholine rings is 1. The van der Waals surface area contributed by atoms with Crippen molar-refractivity contribution in [3.8, 4) is 6.07 Å². The summed E-state index contributed by atoms with van der Waals surface area (Å²) in [5.74, 6) is 0.0183. The molecule has 1 spiro atoms. The highest BCUT2D eigenvalue weighted by molar-refractivity contribution is 5.92. The van der Waals surface area contributed by atoms with Gasteiger partial charge >= 0.3 is 0 Å². The van der Waals surface area contributed by atoms with Crippen molar-refractivity contribution >= 4 is 22.6 Å². The lowest BCUT2D eigenvalue weighted by Crippen LogP contribution is -2.53. The molecule has 1 aromatic carbocycles. The number of benzene rings is 1. The Morgan fingerprint density at radius 1 is 1.24 bits per heavy atom. The molecule has 8 nitrogen and oxygen atoms in total. The number of nitrogens with two attached hydrogens (primary N) is 1. The Kier molecular flexibility index (Phi) is 4.19. The zero-order chi connectivity index (χ0) is 20.2. The second-order valence-electron chi connectivity index (χ2n) is 8.53. The quantitative estimate of drug-likeness (QED) is 0.813. The smallest absolute Gasteiger partial charge is 0.253 e. The molecule has 0 radical (unpaired) electrons. The Morgan fingerprint density at radius 3 is 2.69 bits per heavy atom. The first kappa shape index (κ1) is 18.3. The van der Waals surface area contributed by atoms with E-state index < -0.39 is 6.10 Å². The third kappa shape index (κ3) is 3.02. The van der Waals surface area contributed by atoms with E-state index in [1.165, 1.54) is 0 Å². The van der Waals surface area contributed by atoms with Gasteiger partial charge in [-0.25, -0.2) is 0 Å². The number of anilines is 1. The van der Waals surface area contributed by atoms with E-state index >= 15 is 0 Å². The summed E-state index contributed by atoms with van der Waals surface area (Å²) in [6.45, 7) is 4.41. The van der Waals surface area contributed by atoms with Gasteiger partial charge in [0.1, 0.15) is 17.1 Å². The SMILES string of the molecule is C[C@@H]1CN(c2ccc(C#N)c3nccnc23)C[C@H](C(=O)N2CC(N)C3(CC3)C2)O1. The molecule has 1 unspecified atom stereocenters. The summed E-state index contributed by atoms with van der Waals surface area (Å²) < 4.78 is 6.03.